The van der Waals surface area contributed by atoms with E-state index in [1.807, 2.05) is 23.6 Å². The van der Waals surface area contributed by atoms with Gasteiger partial charge in [0.2, 0.25) is 0 Å². The van der Waals surface area contributed by atoms with Crippen molar-refractivity contribution in [3.8, 4) is 11.3 Å². The van der Waals surface area contributed by atoms with Gasteiger partial charge in [0.25, 0.3) is 5.91 Å². The van der Waals surface area contributed by atoms with Gasteiger partial charge in [0.1, 0.15) is 5.60 Å². The second kappa shape index (κ2) is 6.58. The maximum atomic E-state index is 12.3. The van der Waals surface area contributed by atoms with Crippen molar-refractivity contribution in [2.24, 2.45) is 0 Å². The summed E-state index contributed by atoms with van der Waals surface area (Å²) in [7, 11) is 0. The SMILES string of the molecule is O=C(Nc1nc(-c2ccccc2Cl)cs1)C1(O)CCSCC1. The zero-order valence-electron chi connectivity index (χ0n) is 11.7. The van der Waals surface area contributed by atoms with E-state index < -0.39 is 5.60 Å². The summed E-state index contributed by atoms with van der Waals surface area (Å²) in [5.41, 5.74) is 0.271. The van der Waals surface area contributed by atoms with Crippen LogP contribution in [0.15, 0.2) is 29.6 Å². The van der Waals surface area contributed by atoms with Crippen LogP contribution in [0.3, 0.4) is 0 Å². The van der Waals surface area contributed by atoms with E-state index in [0.717, 1.165) is 22.8 Å². The number of amides is 1. The van der Waals surface area contributed by atoms with Gasteiger partial charge in [-0.25, -0.2) is 4.98 Å². The van der Waals surface area contributed by atoms with Crippen molar-refractivity contribution in [3.63, 3.8) is 0 Å². The Hall–Kier alpha value is -1.08. The number of hydrogen-bond acceptors (Lipinski definition) is 5. The number of carbonyl (C=O) groups is 1. The fraction of sp³-hybridized carbons (Fsp3) is 0.333. The van der Waals surface area contributed by atoms with Crippen molar-refractivity contribution in [2.75, 3.05) is 16.8 Å². The minimum absolute atomic E-state index is 0.368. The van der Waals surface area contributed by atoms with Gasteiger partial charge < -0.3 is 5.11 Å². The lowest BCUT2D eigenvalue weighted by atomic mass is 9.96. The van der Waals surface area contributed by atoms with Gasteiger partial charge in [0.15, 0.2) is 5.13 Å². The van der Waals surface area contributed by atoms with Crippen LogP contribution < -0.4 is 5.32 Å². The molecule has 0 spiro atoms. The van der Waals surface area contributed by atoms with E-state index in [-0.39, 0.29) is 5.91 Å². The maximum absolute atomic E-state index is 12.3. The molecule has 0 aliphatic carbocycles. The molecule has 1 fully saturated rings. The number of benzene rings is 1. The Bertz CT molecular complexity index is 684. The molecule has 2 aromatic rings. The molecule has 0 radical (unpaired) electrons. The van der Waals surface area contributed by atoms with E-state index in [2.05, 4.69) is 10.3 Å². The number of rotatable bonds is 3. The molecule has 0 unspecified atom stereocenters. The first kappa shape index (κ1) is 15.8. The second-order valence-corrected chi connectivity index (χ2v) is 7.61. The number of thioether (sulfide) groups is 1. The molecule has 1 aliphatic heterocycles. The number of nitrogens with zero attached hydrogens (tertiary/aromatic N) is 1. The average Bonchev–Trinajstić information content (AvgIpc) is 2.97. The van der Waals surface area contributed by atoms with Crippen molar-refractivity contribution in [1.29, 1.82) is 0 Å². The van der Waals surface area contributed by atoms with Crippen LogP contribution in [-0.2, 0) is 4.79 Å². The lowest BCUT2D eigenvalue weighted by molar-refractivity contribution is -0.134. The van der Waals surface area contributed by atoms with Crippen LogP contribution in [0.1, 0.15) is 12.8 Å². The lowest BCUT2D eigenvalue weighted by Crippen LogP contribution is -2.45. The van der Waals surface area contributed by atoms with Gasteiger partial charge >= 0.3 is 0 Å². The Morgan fingerprint density at radius 1 is 1.32 bits per heavy atom. The highest BCUT2D eigenvalue weighted by molar-refractivity contribution is 7.99. The Balaban J connectivity index is 1.74. The number of nitrogens with one attached hydrogen (secondary N) is 1. The van der Waals surface area contributed by atoms with Gasteiger partial charge in [-0.2, -0.15) is 11.8 Å². The number of thiazole rings is 1. The van der Waals surface area contributed by atoms with E-state index in [1.165, 1.54) is 11.3 Å². The molecule has 22 heavy (non-hydrogen) atoms. The van der Waals surface area contributed by atoms with Crippen LogP contribution in [0.4, 0.5) is 5.13 Å². The van der Waals surface area contributed by atoms with E-state index in [9.17, 15) is 9.90 Å². The van der Waals surface area contributed by atoms with Crippen LogP contribution in [0, 0.1) is 0 Å². The predicted molar refractivity (Wildman–Crippen MR) is 92.7 cm³/mol. The Morgan fingerprint density at radius 2 is 2.05 bits per heavy atom. The van der Waals surface area contributed by atoms with Gasteiger partial charge in [0.05, 0.1) is 5.69 Å². The zero-order valence-corrected chi connectivity index (χ0v) is 14.1. The molecule has 2 heterocycles. The molecule has 3 rings (SSSR count). The first-order valence-electron chi connectivity index (χ1n) is 6.90. The number of anilines is 1. The normalized spacial score (nSPS) is 17.2. The molecule has 1 amide bonds. The summed E-state index contributed by atoms with van der Waals surface area (Å²) >= 11 is 9.23. The molecule has 1 saturated heterocycles. The third kappa shape index (κ3) is 3.30. The lowest BCUT2D eigenvalue weighted by Gasteiger charge is -2.29. The number of hydrogen-bond donors (Lipinski definition) is 2. The van der Waals surface area contributed by atoms with Gasteiger partial charge in [-0.05, 0) is 30.4 Å². The average molecular weight is 355 g/mol. The molecular formula is C15H15ClN2O2S2. The van der Waals surface area contributed by atoms with Crippen molar-refractivity contribution in [3.05, 3.63) is 34.7 Å². The van der Waals surface area contributed by atoms with Crippen LogP contribution >= 0.6 is 34.7 Å². The van der Waals surface area contributed by atoms with E-state index in [1.54, 1.807) is 17.8 Å². The molecule has 0 saturated carbocycles. The van der Waals surface area contributed by atoms with Crippen LogP contribution in [-0.4, -0.2) is 33.1 Å². The predicted octanol–water partition coefficient (Wildman–Crippen LogP) is 3.66. The monoisotopic (exact) mass is 354 g/mol. The van der Waals surface area contributed by atoms with Crippen molar-refractivity contribution in [1.82, 2.24) is 4.98 Å². The van der Waals surface area contributed by atoms with E-state index in [0.29, 0.717) is 23.0 Å². The fourth-order valence-corrected chi connectivity index (χ4v) is 4.38. The summed E-state index contributed by atoms with van der Waals surface area (Å²) in [5.74, 6) is 1.23. The second-order valence-electron chi connectivity index (χ2n) is 5.12. The fourth-order valence-electron chi connectivity index (χ4n) is 2.27. The third-order valence-electron chi connectivity index (χ3n) is 3.62. The first-order valence-corrected chi connectivity index (χ1v) is 9.32. The largest absolute Gasteiger partial charge is 0.380 e. The molecule has 116 valence electrons. The van der Waals surface area contributed by atoms with Crippen LogP contribution in [0.5, 0.6) is 0 Å². The zero-order chi connectivity index (χ0) is 15.6. The molecule has 0 atom stereocenters. The van der Waals surface area contributed by atoms with Gasteiger partial charge in [0, 0.05) is 16.0 Å². The highest BCUT2D eigenvalue weighted by atomic mass is 35.5. The van der Waals surface area contributed by atoms with E-state index >= 15 is 0 Å². The Kier molecular flexibility index (Phi) is 4.73. The first-order chi connectivity index (χ1) is 10.6. The van der Waals surface area contributed by atoms with Crippen LogP contribution in [0.25, 0.3) is 11.3 Å². The van der Waals surface area contributed by atoms with Crippen molar-refractivity contribution < 1.29 is 9.90 Å². The maximum Gasteiger partial charge on any atom is 0.258 e. The third-order valence-corrected chi connectivity index (χ3v) is 5.69. The number of aliphatic hydroxyl groups is 1. The standard InChI is InChI=1S/C15H15ClN2O2S2/c16-11-4-2-1-3-10(11)12-9-22-14(17-12)18-13(19)15(20)5-7-21-8-6-15/h1-4,9,20H,5-8H2,(H,17,18,19). The number of carbonyl (C=O) groups excluding carboxylic acids is 1. The molecule has 1 aromatic carbocycles. The summed E-state index contributed by atoms with van der Waals surface area (Å²) in [6.07, 6.45) is 0.957. The minimum atomic E-state index is -1.28. The number of aromatic nitrogens is 1. The minimum Gasteiger partial charge on any atom is -0.380 e. The quantitative estimate of drug-likeness (QED) is 0.883. The summed E-state index contributed by atoms with van der Waals surface area (Å²) in [5, 5.41) is 16.1. The molecular weight excluding hydrogens is 340 g/mol. The summed E-state index contributed by atoms with van der Waals surface area (Å²) in [6, 6.07) is 7.44. The van der Waals surface area contributed by atoms with E-state index in [4.69, 9.17) is 11.6 Å². The number of halogens is 1. The van der Waals surface area contributed by atoms with Gasteiger partial charge in [-0.3, -0.25) is 10.1 Å². The highest BCUT2D eigenvalue weighted by Crippen LogP contribution is 2.32. The molecule has 1 aromatic heterocycles. The highest BCUT2D eigenvalue weighted by Gasteiger charge is 2.37. The Labute approximate surface area is 141 Å². The topological polar surface area (TPSA) is 62.2 Å². The molecule has 4 nitrogen and oxygen atoms in total. The molecule has 7 heteroatoms. The van der Waals surface area contributed by atoms with Gasteiger partial charge in [-0.15, -0.1) is 11.3 Å². The summed E-state index contributed by atoms with van der Waals surface area (Å²) in [6.45, 7) is 0. The summed E-state index contributed by atoms with van der Waals surface area (Å²) < 4.78 is 0. The van der Waals surface area contributed by atoms with Crippen molar-refractivity contribution in [2.45, 2.75) is 18.4 Å². The van der Waals surface area contributed by atoms with Crippen LogP contribution in [0.2, 0.25) is 5.02 Å². The smallest absolute Gasteiger partial charge is 0.258 e. The van der Waals surface area contributed by atoms with Gasteiger partial charge in [-0.1, -0.05) is 29.8 Å². The summed E-state index contributed by atoms with van der Waals surface area (Å²) in [4.78, 5) is 16.7. The Morgan fingerprint density at radius 3 is 2.77 bits per heavy atom. The molecule has 0 bridgehead atoms. The van der Waals surface area contributed by atoms with Crippen molar-refractivity contribution >= 4 is 45.7 Å². The molecule has 1 aliphatic rings. The molecule has 2 N–H and O–H groups in total.